The van der Waals surface area contributed by atoms with Gasteiger partial charge in [-0.25, -0.2) is 0 Å². The van der Waals surface area contributed by atoms with Gasteiger partial charge in [-0.1, -0.05) is 19.1 Å². The summed E-state index contributed by atoms with van der Waals surface area (Å²) < 4.78 is 5.67. The first-order valence-electron chi connectivity index (χ1n) is 8.58. The van der Waals surface area contributed by atoms with Gasteiger partial charge in [0.15, 0.2) is 5.78 Å². The van der Waals surface area contributed by atoms with Crippen molar-refractivity contribution in [1.29, 1.82) is 0 Å². The van der Waals surface area contributed by atoms with E-state index < -0.39 is 0 Å². The molecule has 0 fully saturated rings. The van der Waals surface area contributed by atoms with Gasteiger partial charge < -0.3 is 9.52 Å². The molecule has 2 heterocycles. The van der Waals surface area contributed by atoms with Gasteiger partial charge in [0.1, 0.15) is 5.58 Å². The number of aliphatic hydroxyl groups excluding tert-OH is 1. The van der Waals surface area contributed by atoms with Crippen molar-refractivity contribution in [1.82, 2.24) is 4.98 Å². The molecule has 0 saturated heterocycles. The third kappa shape index (κ3) is 4.94. The van der Waals surface area contributed by atoms with Crippen LogP contribution in [0.15, 0.2) is 71.0 Å². The van der Waals surface area contributed by atoms with Crippen molar-refractivity contribution in [2.75, 3.05) is 0 Å². The third-order valence-corrected chi connectivity index (χ3v) is 3.93. The molecular weight excluding hydrogens is 530 g/mol. The van der Waals surface area contributed by atoms with Gasteiger partial charge >= 0.3 is 0 Å². The predicted octanol–water partition coefficient (Wildman–Crippen LogP) is 5.79. The Morgan fingerprint density at radius 3 is 2.54 bits per heavy atom. The maximum atomic E-state index is 10.0. The zero-order valence-corrected chi connectivity index (χ0v) is 18.2. The summed E-state index contributed by atoms with van der Waals surface area (Å²) in [6, 6.07) is 19.4. The number of pyridine rings is 1. The molecular formula is C23H20IrNO3-. The molecule has 1 radical (unpaired) electrons. The molecule has 0 aliphatic heterocycles. The van der Waals surface area contributed by atoms with E-state index in [1.165, 1.54) is 25.5 Å². The Labute approximate surface area is 177 Å². The summed E-state index contributed by atoms with van der Waals surface area (Å²) in [6.07, 6.45) is 2.89. The normalized spacial score (nSPS) is 10.9. The van der Waals surface area contributed by atoms with Gasteiger partial charge in [0.05, 0.1) is 17.5 Å². The number of carbonyl (C=O) groups excluding carboxylic acids is 1. The maximum Gasteiger partial charge on any atom is 0.155 e. The van der Waals surface area contributed by atoms with Crippen LogP contribution in [-0.4, -0.2) is 15.9 Å². The van der Waals surface area contributed by atoms with Crippen molar-refractivity contribution in [2.45, 2.75) is 20.8 Å². The Balaban J connectivity index is 0.000000306. The number of allylic oxidation sites excluding steroid dienone is 2. The molecule has 0 atom stereocenters. The minimum absolute atomic E-state index is 0. The minimum Gasteiger partial charge on any atom is -0.512 e. The van der Waals surface area contributed by atoms with E-state index in [0.717, 1.165) is 33.1 Å². The number of hydrogen-bond acceptors (Lipinski definition) is 4. The first-order valence-corrected chi connectivity index (χ1v) is 8.58. The molecule has 28 heavy (non-hydrogen) atoms. The van der Waals surface area contributed by atoms with Crippen LogP contribution >= 0.6 is 0 Å². The van der Waals surface area contributed by atoms with Crippen LogP contribution in [0.5, 0.6) is 0 Å². The molecule has 0 amide bonds. The van der Waals surface area contributed by atoms with E-state index in [2.05, 4.69) is 19.1 Å². The first kappa shape index (κ1) is 21.5. The van der Waals surface area contributed by atoms with Crippen molar-refractivity contribution in [2.24, 2.45) is 0 Å². The van der Waals surface area contributed by atoms with Crippen LogP contribution in [0, 0.1) is 13.0 Å². The van der Waals surface area contributed by atoms with E-state index in [1.54, 1.807) is 6.26 Å². The minimum atomic E-state index is -0.125. The Hall–Kier alpha value is -2.75. The fourth-order valence-corrected chi connectivity index (χ4v) is 2.86. The maximum absolute atomic E-state index is 10.0. The third-order valence-electron chi connectivity index (χ3n) is 3.93. The quantitative estimate of drug-likeness (QED) is 0.195. The predicted molar refractivity (Wildman–Crippen MR) is 108 cm³/mol. The second kappa shape index (κ2) is 9.45. The van der Waals surface area contributed by atoms with Gasteiger partial charge in [-0.05, 0) is 37.7 Å². The summed E-state index contributed by atoms with van der Waals surface area (Å²) in [4.78, 5) is 14.8. The van der Waals surface area contributed by atoms with Crippen molar-refractivity contribution in [3.63, 3.8) is 0 Å². The van der Waals surface area contributed by atoms with E-state index in [-0.39, 0.29) is 31.6 Å². The van der Waals surface area contributed by atoms with Crippen LogP contribution in [0.1, 0.15) is 19.4 Å². The van der Waals surface area contributed by atoms with Gasteiger partial charge in [0.2, 0.25) is 0 Å². The van der Waals surface area contributed by atoms with Gasteiger partial charge in [-0.15, -0.1) is 35.4 Å². The molecule has 0 aliphatic rings. The molecule has 2 aromatic heterocycles. The molecule has 2 aromatic carbocycles. The monoisotopic (exact) mass is 551 g/mol. The number of para-hydroxylation sites is 1. The van der Waals surface area contributed by atoms with Crippen molar-refractivity contribution in [3.8, 4) is 11.3 Å². The summed E-state index contributed by atoms with van der Waals surface area (Å²) in [5, 5.41) is 10.4. The molecule has 4 nitrogen and oxygen atoms in total. The van der Waals surface area contributed by atoms with Crippen LogP contribution in [0.4, 0.5) is 0 Å². The SMILES string of the molecule is CC(=O)/C=C(/C)O.Cc1cc[c-]c(-c2nc3ccccc3c3occc23)c1.[Ir]. The number of benzene rings is 2. The molecule has 0 aliphatic carbocycles. The number of ketones is 1. The zero-order valence-electron chi connectivity index (χ0n) is 15.8. The molecule has 4 aromatic rings. The van der Waals surface area contributed by atoms with Crippen LogP contribution in [-0.2, 0) is 24.9 Å². The van der Waals surface area contributed by atoms with Crippen molar-refractivity contribution in [3.05, 3.63) is 78.3 Å². The summed E-state index contributed by atoms with van der Waals surface area (Å²) >= 11 is 0. The molecule has 0 spiro atoms. The number of carbonyl (C=O) groups is 1. The van der Waals surface area contributed by atoms with E-state index in [9.17, 15) is 4.79 Å². The molecule has 4 rings (SSSR count). The number of furan rings is 1. The number of nitrogens with zero attached hydrogens (tertiary/aromatic N) is 1. The summed E-state index contributed by atoms with van der Waals surface area (Å²) in [5.41, 5.74) is 4.96. The van der Waals surface area contributed by atoms with E-state index in [0.29, 0.717) is 0 Å². The molecule has 145 valence electrons. The van der Waals surface area contributed by atoms with Gasteiger partial charge in [-0.2, -0.15) is 0 Å². The van der Waals surface area contributed by atoms with E-state index in [4.69, 9.17) is 14.5 Å². The summed E-state index contributed by atoms with van der Waals surface area (Å²) in [5.74, 6) is -0.0625. The Morgan fingerprint density at radius 1 is 1.14 bits per heavy atom. The van der Waals surface area contributed by atoms with Gasteiger partial charge in [0.25, 0.3) is 0 Å². The number of hydrogen-bond donors (Lipinski definition) is 1. The Bertz CT molecular complexity index is 1140. The van der Waals surface area contributed by atoms with Crippen LogP contribution in [0.3, 0.4) is 0 Å². The molecule has 1 N–H and O–H groups in total. The Morgan fingerprint density at radius 2 is 1.89 bits per heavy atom. The molecule has 5 heteroatoms. The zero-order chi connectivity index (χ0) is 19.4. The molecule has 0 bridgehead atoms. The average Bonchev–Trinajstić information content (AvgIpc) is 3.10. The van der Waals surface area contributed by atoms with E-state index in [1.807, 2.05) is 42.5 Å². The van der Waals surface area contributed by atoms with Gasteiger partial charge in [-0.3, -0.25) is 9.78 Å². The van der Waals surface area contributed by atoms with Crippen molar-refractivity contribution >= 4 is 27.7 Å². The fourth-order valence-electron chi connectivity index (χ4n) is 2.86. The number of aromatic nitrogens is 1. The second-order valence-corrected chi connectivity index (χ2v) is 6.32. The average molecular weight is 551 g/mol. The second-order valence-electron chi connectivity index (χ2n) is 6.32. The van der Waals surface area contributed by atoms with E-state index >= 15 is 0 Å². The van der Waals surface area contributed by atoms with Crippen LogP contribution < -0.4 is 0 Å². The molecule has 0 saturated carbocycles. The standard InChI is InChI=1S/C18H12NO.C5H8O2.Ir/c1-12-5-4-6-13(11-12)17-15-9-10-20-18(15)14-7-2-3-8-16(14)19-17;1-4(6)3-5(2)7;/h2-5,7-11H,1H3;3,6H,1-2H3;/q-1;;/b;4-3-;. The van der Waals surface area contributed by atoms with Crippen molar-refractivity contribution < 1.29 is 34.4 Å². The number of fused-ring (bicyclic) bond motifs is 3. The summed E-state index contributed by atoms with van der Waals surface area (Å²) in [6.45, 7) is 4.92. The van der Waals surface area contributed by atoms with Crippen LogP contribution in [0.2, 0.25) is 0 Å². The number of aliphatic hydroxyl groups is 1. The fraction of sp³-hybridized carbons (Fsp3) is 0.130. The topological polar surface area (TPSA) is 63.3 Å². The van der Waals surface area contributed by atoms with Gasteiger partial charge in [0, 0.05) is 37.0 Å². The Kier molecular flexibility index (Phi) is 7.27. The number of aryl methyl sites for hydroxylation is 1. The smallest absolute Gasteiger partial charge is 0.155 e. The summed E-state index contributed by atoms with van der Waals surface area (Å²) in [7, 11) is 0. The first-order chi connectivity index (χ1) is 13.0. The molecule has 0 unspecified atom stereocenters. The number of rotatable bonds is 2. The largest absolute Gasteiger partial charge is 0.512 e. The van der Waals surface area contributed by atoms with Crippen LogP contribution in [0.25, 0.3) is 33.1 Å².